The summed E-state index contributed by atoms with van der Waals surface area (Å²) in [5, 5.41) is 0. The van der Waals surface area contributed by atoms with Gasteiger partial charge in [-0.15, -0.1) is 0 Å². The summed E-state index contributed by atoms with van der Waals surface area (Å²) in [6.07, 6.45) is 0. The molecule has 17 heavy (non-hydrogen) atoms. The smallest absolute Gasteiger partial charge is 0.259 e. The standard InChI is InChI=1S/C12H18N2O3/c1-8-4-9(2)10(11(5-8)16-3)6-17-7-12(15)14-13/h4-5H,6-7,13H2,1-3H3,(H,14,15). The van der Waals surface area contributed by atoms with Gasteiger partial charge >= 0.3 is 0 Å². The van der Waals surface area contributed by atoms with E-state index in [4.69, 9.17) is 15.3 Å². The lowest BCUT2D eigenvalue weighted by Crippen LogP contribution is -2.33. The number of hydrogen-bond donors (Lipinski definition) is 2. The maximum atomic E-state index is 10.9. The minimum Gasteiger partial charge on any atom is -0.496 e. The van der Waals surface area contributed by atoms with Crippen LogP contribution in [-0.4, -0.2) is 19.6 Å². The van der Waals surface area contributed by atoms with Gasteiger partial charge in [-0.1, -0.05) is 6.07 Å². The Kier molecular flexibility index (Phi) is 4.93. The highest BCUT2D eigenvalue weighted by molar-refractivity contribution is 5.76. The summed E-state index contributed by atoms with van der Waals surface area (Å²) in [6.45, 7) is 4.24. The van der Waals surface area contributed by atoms with Gasteiger partial charge in [0.15, 0.2) is 0 Å². The zero-order valence-corrected chi connectivity index (χ0v) is 10.4. The van der Waals surface area contributed by atoms with Crippen LogP contribution in [0.2, 0.25) is 0 Å². The molecular weight excluding hydrogens is 220 g/mol. The number of carbonyl (C=O) groups is 1. The Morgan fingerprint density at radius 2 is 2.12 bits per heavy atom. The predicted octanol–water partition coefficient (Wildman–Crippen LogP) is 0.819. The molecule has 0 bridgehead atoms. The second kappa shape index (κ2) is 6.22. The Bertz CT molecular complexity index is 405. The first-order valence-electron chi connectivity index (χ1n) is 5.29. The van der Waals surface area contributed by atoms with Crippen molar-refractivity contribution in [3.63, 3.8) is 0 Å². The molecule has 0 saturated carbocycles. The van der Waals surface area contributed by atoms with E-state index in [1.807, 2.05) is 31.4 Å². The van der Waals surface area contributed by atoms with Gasteiger partial charge in [-0.25, -0.2) is 5.84 Å². The van der Waals surface area contributed by atoms with Crippen molar-refractivity contribution in [1.82, 2.24) is 5.43 Å². The lowest BCUT2D eigenvalue weighted by atomic mass is 10.1. The number of carbonyl (C=O) groups excluding carboxylic acids is 1. The largest absolute Gasteiger partial charge is 0.496 e. The molecule has 0 heterocycles. The molecule has 1 rings (SSSR count). The molecule has 0 atom stereocenters. The van der Waals surface area contributed by atoms with Crippen LogP contribution in [0.15, 0.2) is 12.1 Å². The zero-order chi connectivity index (χ0) is 12.8. The molecule has 5 nitrogen and oxygen atoms in total. The summed E-state index contributed by atoms with van der Waals surface area (Å²) in [5.41, 5.74) is 5.16. The topological polar surface area (TPSA) is 73.6 Å². The van der Waals surface area contributed by atoms with Crippen LogP contribution in [-0.2, 0) is 16.1 Å². The van der Waals surface area contributed by atoms with Gasteiger partial charge in [0.25, 0.3) is 5.91 Å². The highest BCUT2D eigenvalue weighted by atomic mass is 16.5. The number of hydrogen-bond acceptors (Lipinski definition) is 4. The third-order valence-electron chi connectivity index (χ3n) is 2.44. The number of rotatable bonds is 5. The Labute approximate surface area is 101 Å². The van der Waals surface area contributed by atoms with Crippen molar-refractivity contribution in [3.8, 4) is 5.75 Å². The average molecular weight is 238 g/mol. The van der Waals surface area contributed by atoms with E-state index in [1.54, 1.807) is 7.11 Å². The van der Waals surface area contributed by atoms with Gasteiger partial charge in [0, 0.05) is 5.56 Å². The highest BCUT2D eigenvalue weighted by Gasteiger charge is 2.08. The van der Waals surface area contributed by atoms with Crippen molar-refractivity contribution >= 4 is 5.91 Å². The average Bonchev–Trinajstić information content (AvgIpc) is 2.30. The number of ether oxygens (including phenoxy) is 2. The van der Waals surface area contributed by atoms with Crippen molar-refractivity contribution in [1.29, 1.82) is 0 Å². The SMILES string of the molecule is COc1cc(C)cc(C)c1COCC(=O)NN. The Hall–Kier alpha value is -1.59. The molecule has 1 aromatic carbocycles. The van der Waals surface area contributed by atoms with Gasteiger partial charge in [-0.3, -0.25) is 10.2 Å². The third-order valence-corrected chi connectivity index (χ3v) is 2.44. The van der Waals surface area contributed by atoms with Gasteiger partial charge in [0.2, 0.25) is 0 Å². The van der Waals surface area contributed by atoms with Crippen LogP contribution in [0, 0.1) is 13.8 Å². The van der Waals surface area contributed by atoms with E-state index >= 15 is 0 Å². The minimum atomic E-state index is -0.353. The van der Waals surface area contributed by atoms with Crippen LogP contribution in [0.25, 0.3) is 0 Å². The van der Waals surface area contributed by atoms with Crippen molar-refractivity contribution in [2.75, 3.05) is 13.7 Å². The first kappa shape index (κ1) is 13.5. The monoisotopic (exact) mass is 238 g/mol. The third kappa shape index (κ3) is 3.72. The van der Waals surface area contributed by atoms with Gasteiger partial charge in [0.05, 0.1) is 13.7 Å². The Balaban J connectivity index is 2.73. The molecule has 1 aromatic rings. The molecule has 94 valence electrons. The van der Waals surface area contributed by atoms with E-state index in [1.165, 1.54) is 0 Å². The van der Waals surface area contributed by atoms with Gasteiger partial charge < -0.3 is 9.47 Å². The molecule has 5 heteroatoms. The van der Waals surface area contributed by atoms with Gasteiger partial charge in [-0.05, 0) is 31.0 Å². The predicted molar refractivity (Wildman–Crippen MR) is 64.5 cm³/mol. The van der Waals surface area contributed by atoms with Crippen molar-refractivity contribution in [2.24, 2.45) is 5.84 Å². The number of nitrogens with one attached hydrogen (secondary N) is 1. The molecule has 0 unspecified atom stereocenters. The fourth-order valence-corrected chi connectivity index (χ4v) is 1.61. The van der Waals surface area contributed by atoms with E-state index in [0.717, 1.165) is 22.4 Å². The summed E-state index contributed by atoms with van der Waals surface area (Å²) in [7, 11) is 1.62. The fraction of sp³-hybridized carbons (Fsp3) is 0.417. The summed E-state index contributed by atoms with van der Waals surface area (Å²) in [4.78, 5) is 10.9. The van der Waals surface area contributed by atoms with Gasteiger partial charge in [0.1, 0.15) is 12.4 Å². The quantitative estimate of drug-likeness (QED) is 0.452. The summed E-state index contributed by atoms with van der Waals surface area (Å²) in [5.74, 6) is 5.37. The molecule has 0 saturated heterocycles. The Morgan fingerprint density at radius 3 is 2.71 bits per heavy atom. The molecule has 0 spiro atoms. The molecule has 0 fully saturated rings. The second-order valence-corrected chi connectivity index (χ2v) is 3.82. The molecular formula is C12H18N2O3. The number of amides is 1. The second-order valence-electron chi connectivity index (χ2n) is 3.82. The van der Waals surface area contributed by atoms with Crippen molar-refractivity contribution in [3.05, 3.63) is 28.8 Å². The number of benzene rings is 1. The van der Waals surface area contributed by atoms with Crippen molar-refractivity contribution in [2.45, 2.75) is 20.5 Å². The molecule has 1 amide bonds. The molecule has 0 aliphatic rings. The first-order valence-corrected chi connectivity index (χ1v) is 5.29. The molecule has 0 aliphatic carbocycles. The maximum Gasteiger partial charge on any atom is 0.259 e. The normalized spacial score (nSPS) is 10.1. The molecule has 0 aliphatic heterocycles. The van der Waals surface area contributed by atoms with E-state index in [9.17, 15) is 4.79 Å². The van der Waals surface area contributed by atoms with E-state index in [0.29, 0.717) is 6.61 Å². The lowest BCUT2D eigenvalue weighted by molar-refractivity contribution is -0.126. The molecule has 0 aromatic heterocycles. The van der Waals surface area contributed by atoms with Crippen LogP contribution >= 0.6 is 0 Å². The van der Waals surface area contributed by atoms with Crippen LogP contribution in [0.5, 0.6) is 5.75 Å². The molecule has 3 N–H and O–H groups in total. The van der Waals surface area contributed by atoms with Gasteiger partial charge in [-0.2, -0.15) is 0 Å². The van der Waals surface area contributed by atoms with Crippen LogP contribution in [0.4, 0.5) is 0 Å². The first-order chi connectivity index (χ1) is 8.08. The summed E-state index contributed by atoms with van der Waals surface area (Å²) >= 11 is 0. The number of methoxy groups -OCH3 is 1. The van der Waals surface area contributed by atoms with E-state index in [2.05, 4.69) is 0 Å². The lowest BCUT2D eigenvalue weighted by Gasteiger charge is -2.13. The number of aryl methyl sites for hydroxylation is 2. The minimum absolute atomic E-state index is 0.0625. The summed E-state index contributed by atoms with van der Waals surface area (Å²) < 4.78 is 10.5. The fourth-order valence-electron chi connectivity index (χ4n) is 1.61. The van der Waals surface area contributed by atoms with Crippen molar-refractivity contribution < 1.29 is 14.3 Å². The van der Waals surface area contributed by atoms with Crippen LogP contribution < -0.4 is 16.0 Å². The molecule has 0 radical (unpaired) electrons. The summed E-state index contributed by atoms with van der Waals surface area (Å²) in [6, 6.07) is 3.99. The van der Waals surface area contributed by atoms with E-state index in [-0.39, 0.29) is 12.5 Å². The van der Waals surface area contributed by atoms with Crippen LogP contribution in [0.1, 0.15) is 16.7 Å². The maximum absolute atomic E-state index is 10.9. The zero-order valence-electron chi connectivity index (χ0n) is 10.4. The Morgan fingerprint density at radius 1 is 1.41 bits per heavy atom. The van der Waals surface area contributed by atoms with Crippen LogP contribution in [0.3, 0.4) is 0 Å². The van der Waals surface area contributed by atoms with E-state index < -0.39 is 0 Å². The number of nitrogens with two attached hydrogens (primary N) is 1. The highest BCUT2D eigenvalue weighted by Crippen LogP contribution is 2.24. The number of hydrazine groups is 1.